The second kappa shape index (κ2) is 5.67. The highest BCUT2D eigenvalue weighted by molar-refractivity contribution is 14.1. The number of rotatable bonds is 4. The number of alkyl halides is 4. The average molecular weight is 379 g/mol. The Morgan fingerprint density at radius 3 is 2.56 bits per heavy atom. The Labute approximate surface area is 112 Å². The minimum Gasteiger partial charge on any atom is -0.481 e. The summed E-state index contributed by atoms with van der Waals surface area (Å²) in [7, 11) is 0. The number of ether oxygens (including phenoxy) is 1. The van der Waals surface area contributed by atoms with E-state index >= 15 is 0 Å². The molecule has 0 saturated heterocycles. The van der Waals surface area contributed by atoms with Gasteiger partial charge in [0.05, 0.1) is 17.7 Å². The summed E-state index contributed by atoms with van der Waals surface area (Å²) in [4.78, 5) is 14.1. The molecule has 1 rings (SSSR count). The van der Waals surface area contributed by atoms with Crippen LogP contribution in [0.4, 0.5) is 17.6 Å². The summed E-state index contributed by atoms with van der Waals surface area (Å²) in [5, 5.41) is 8.53. The quantitative estimate of drug-likeness (QED) is 0.497. The largest absolute Gasteiger partial charge is 0.573 e. The molecule has 0 unspecified atom stereocenters. The zero-order chi connectivity index (χ0) is 13.9. The summed E-state index contributed by atoms with van der Waals surface area (Å²) >= 11 is 1.52. The van der Waals surface area contributed by atoms with E-state index in [0.29, 0.717) is 0 Å². The Morgan fingerprint density at radius 1 is 1.50 bits per heavy atom. The fourth-order valence-electron chi connectivity index (χ4n) is 1.15. The van der Waals surface area contributed by atoms with Crippen molar-refractivity contribution in [2.24, 2.45) is 0 Å². The van der Waals surface area contributed by atoms with Crippen LogP contribution in [0.15, 0.2) is 6.07 Å². The first-order valence-corrected chi connectivity index (χ1v) is 5.52. The molecule has 0 aliphatic heterocycles. The van der Waals surface area contributed by atoms with Crippen molar-refractivity contribution in [1.29, 1.82) is 0 Å². The van der Waals surface area contributed by atoms with Gasteiger partial charge >= 0.3 is 12.3 Å². The molecule has 0 atom stereocenters. The molecule has 0 radical (unpaired) electrons. The zero-order valence-corrected chi connectivity index (χ0v) is 10.7. The molecule has 4 nitrogen and oxygen atoms in total. The minimum absolute atomic E-state index is 0.0619. The van der Waals surface area contributed by atoms with Gasteiger partial charge in [-0.3, -0.25) is 4.79 Å². The smallest absolute Gasteiger partial charge is 0.481 e. The lowest BCUT2D eigenvalue weighted by Gasteiger charge is -2.13. The van der Waals surface area contributed by atoms with E-state index in [9.17, 15) is 22.4 Å². The summed E-state index contributed by atoms with van der Waals surface area (Å²) in [6.45, 7) is -1.19. The van der Waals surface area contributed by atoms with E-state index in [4.69, 9.17) is 5.11 Å². The van der Waals surface area contributed by atoms with Crippen LogP contribution in [0.3, 0.4) is 0 Å². The highest BCUT2D eigenvalue weighted by Crippen LogP contribution is 2.30. The predicted molar refractivity (Wildman–Crippen MR) is 59.8 cm³/mol. The normalized spacial score (nSPS) is 11.4. The molecule has 0 aliphatic rings. The van der Waals surface area contributed by atoms with Crippen LogP contribution in [-0.2, 0) is 17.9 Å². The van der Waals surface area contributed by atoms with Gasteiger partial charge in [-0.15, -0.1) is 13.2 Å². The lowest BCUT2D eigenvalue weighted by Crippen LogP contribution is -2.19. The molecular weight excluding hydrogens is 373 g/mol. The third-order valence-electron chi connectivity index (χ3n) is 1.78. The second-order valence-electron chi connectivity index (χ2n) is 3.13. The topological polar surface area (TPSA) is 59.4 Å². The number of carbonyl (C=O) groups is 1. The molecular formula is C9H6F4INO3. The molecule has 0 saturated carbocycles. The van der Waals surface area contributed by atoms with Crippen LogP contribution in [0, 0.1) is 3.70 Å². The van der Waals surface area contributed by atoms with E-state index < -0.39 is 31.2 Å². The van der Waals surface area contributed by atoms with Crippen molar-refractivity contribution in [3.63, 3.8) is 0 Å². The molecule has 1 N–H and O–H groups in total. The molecule has 1 aromatic rings. The molecule has 0 spiro atoms. The molecule has 0 fully saturated rings. The van der Waals surface area contributed by atoms with Crippen LogP contribution >= 0.6 is 22.6 Å². The van der Waals surface area contributed by atoms with Crippen LogP contribution in [0.2, 0.25) is 0 Å². The van der Waals surface area contributed by atoms with Gasteiger partial charge in [0.15, 0.2) is 0 Å². The maximum atomic E-state index is 12.6. The third kappa shape index (κ3) is 4.27. The first kappa shape index (κ1) is 14.9. The van der Waals surface area contributed by atoms with Gasteiger partial charge in [-0.25, -0.2) is 9.37 Å². The van der Waals surface area contributed by atoms with E-state index in [0.717, 1.165) is 6.07 Å². The zero-order valence-electron chi connectivity index (χ0n) is 8.59. The molecule has 0 aliphatic carbocycles. The fourth-order valence-corrected chi connectivity index (χ4v) is 1.87. The van der Waals surface area contributed by atoms with Gasteiger partial charge in [-0.1, -0.05) is 0 Å². The maximum absolute atomic E-state index is 12.6. The van der Waals surface area contributed by atoms with E-state index in [1.165, 1.54) is 22.6 Å². The summed E-state index contributed by atoms with van der Waals surface area (Å²) in [6.07, 6.45) is -5.55. The lowest BCUT2D eigenvalue weighted by molar-refractivity contribution is -0.275. The van der Waals surface area contributed by atoms with Crippen molar-refractivity contribution in [3.05, 3.63) is 21.0 Å². The number of pyridine rings is 1. The monoisotopic (exact) mass is 379 g/mol. The van der Waals surface area contributed by atoms with Crippen LogP contribution < -0.4 is 4.74 Å². The Morgan fingerprint density at radius 2 is 2.11 bits per heavy atom. The van der Waals surface area contributed by atoms with Crippen LogP contribution in [0.5, 0.6) is 5.75 Å². The van der Waals surface area contributed by atoms with Crippen LogP contribution in [0.25, 0.3) is 0 Å². The van der Waals surface area contributed by atoms with Crippen molar-refractivity contribution >= 4 is 28.6 Å². The second-order valence-corrected chi connectivity index (χ2v) is 4.15. The number of hydrogen-bond donors (Lipinski definition) is 1. The van der Waals surface area contributed by atoms with Crippen LogP contribution in [-0.4, -0.2) is 22.4 Å². The number of aromatic nitrogens is 1. The Bertz CT molecular complexity index is 464. The van der Waals surface area contributed by atoms with E-state index in [1.807, 2.05) is 0 Å². The Kier molecular flexibility index (Phi) is 4.71. The van der Waals surface area contributed by atoms with Gasteiger partial charge in [0, 0.05) is 6.07 Å². The van der Waals surface area contributed by atoms with Crippen molar-refractivity contribution in [3.8, 4) is 5.75 Å². The Balaban J connectivity index is 3.19. The summed E-state index contributed by atoms with van der Waals surface area (Å²) < 4.78 is 52.5. The first-order chi connectivity index (χ1) is 8.23. The number of carboxylic acids is 1. The van der Waals surface area contributed by atoms with Gasteiger partial charge < -0.3 is 9.84 Å². The van der Waals surface area contributed by atoms with E-state index in [-0.39, 0.29) is 15.0 Å². The molecule has 1 aromatic heterocycles. The fraction of sp³-hybridized carbons (Fsp3) is 0.333. The molecule has 9 heteroatoms. The molecule has 0 bridgehead atoms. The predicted octanol–water partition coefficient (Wildman–Crippen LogP) is 2.68. The lowest BCUT2D eigenvalue weighted by atomic mass is 10.2. The summed E-state index contributed by atoms with van der Waals surface area (Å²) in [6, 6.07) is 0.776. The molecule has 0 aromatic carbocycles. The molecule has 100 valence electrons. The summed E-state index contributed by atoms with van der Waals surface area (Å²) in [5.41, 5.74) is -0.495. The SMILES string of the molecule is O=C(O)Cc1cc(OC(F)(F)F)c(CF)c(I)n1. The average Bonchev–Trinajstić information content (AvgIpc) is 2.13. The van der Waals surface area contributed by atoms with Gasteiger partial charge in [-0.05, 0) is 22.6 Å². The van der Waals surface area contributed by atoms with Gasteiger partial charge in [0.25, 0.3) is 0 Å². The van der Waals surface area contributed by atoms with Crippen molar-refractivity contribution in [2.45, 2.75) is 19.5 Å². The molecule has 18 heavy (non-hydrogen) atoms. The van der Waals surface area contributed by atoms with Crippen molar-refractivity contribution in [2.75, 3.05) is 0 Å². The summed E-state index contributed by atoms with van der Waals surface area (Å²) in [5.74, 6) is -2.02. The number of halogens is 5. The first-order valence-electron chi connectivity index (χ1n) is 4.44. The van der Waals surface area contributed by atoms with Gasteiger partial charge in [-0.2, -0.15) is 0 Å². The van der Waals surface area contributed by atoms with Crippen LogP contribution in [0.1, 0.15) is 11.3 Å². The van der Waals surface area contributed by atoms with Gasteiger partial charge in [0.2, 0.25) is 0 Å². The highest BCUT2D eigenvalue weighted by atomic mass is 127. The minimum atomic E-state index is -4.98. The van der Waals surface area contributed by atoms with Crippen molar-refractivity contribution < 1.29 is 32.2 Å². The number of hydrogen-bond acceptors (Lipinski definition) is 3. The van der Waals surface area contributed by atoms with Crippen molar-refractivity contribution in [1.82, 2.24) is 4.98 Å². The number of aliphatic carboxylic acids is 1. The standard InChI is InChI=1S/C9H6F4INO3/c10-3-5-6(18-9(11,12)13)1-4(2-7(16)17)15-8(5)14/h1H,2-3H2,(H,16,17). The third-order valence-corrected chi connectivity index (χ3v) is 2.67. The molecule has 1 heterocycles. The molecule has 0 amide bonds. The van der Waals surface area contributed by atoms with E-state index in [2.05, 4.69) is 9.72 Å². The number of nitrogens with zero attached hydrogens (tertiary/aromatic N) is 1. The highest BCUT2D eigenvalue weighted by Gasteiger charge is 2.33. The maximum Gasteiger partial charge on any atom is 0.573 e. The number of carboxylic acid groups (broad SMARTS) is 1. The van der Waals surface area contributed by atoms with Gasteiger partial charge in [0.1, 0.15) is 16.1 Å². The van der Waals surface area contributed by atoms with E-state index in [1.54, 1.807) is 0 Å². The Hall–Kier alpha value is -1.13.